The van der Waals surface area contributed by atoms with Crippen molar-refractivity contribution in [3.8, 4) is 11.1 Å². The summed E-state index contributed by atoms with van der Waals surface area (Å²) in [5.74, 6) is 2.78. The minimum Gasteiger partial charge on any atom is -0.353 e. The largest absolute Gasteiger partial charge is 0.353 e. The lowest BCUT2D eigenvalue weighted by Crippen LogP contribution is -2.56. The minimum absolute atomic E-state index is 0.0811. The van der Waals surface area contributed by atoms with Gasteiger partial charge in [-0.15, -0.1) is 0 Å². The van der Waals surface area contributed by atoms with Gasteiger partial charge < -0.3 is 10.2 Å². The molecule has 5 fully saturated rings. The summed E-state index contributed by atoms with van der Waals surface area (Å²) < 4.78 is 0. The van der Waals surface area contributed by atoms with Crippen molar-refractivity contribution in [3.63, 3.8) is 0 Å². The normalized spacial score (nSPS) is 30.9. The van der Waals surface area contributed by atoms with E-state index in [1.165, 1.54) is 19.3 Å². The van der Waals surface area contributed by atoms with Crippen molar-refractivity contribution in [3.05, 3.63) is 60.2 Å². The van der Waals surface area contributed by atoms with Crippen molar-refractivity contribution >= 4 is 11.8 Å². The maximum absolute atomic E-state index is 13.4. The molecule has 0 unspecified atom stereocenters. The number of benzene rings is 2. The third kappa shape index (κ3) is 3.98. The molecule has 4 aliphatic carbocycles. The van der Waals surface area contributed by atoms with Crippen LogP contribution in [0.5, 0.6) is 0 Å². The molecule has 4 heteroatoms. The Kier molecular flexibility index (Phi) is 5.27. The molecule has 1 aliphatic heterocycles. The summed E-state index contributed by atoms with van der Waals surface area (Å²) in [4.78, 5) is 28.4. The minimum atomic E-state index is -0.0811. The Balaban J connectivity index is 1.04. The Morgan fingerprint density at radius 2 is 1.30 bits per heavy atom. The predicted octanol–water partition coefficient (Wildman–Crippen LogP) is 5.29. The first-order valence-corrected chi connectivity index (χ1v) is 12.8. The number of nitrogens with zero attached hydrogens (tertiary/aromatic N) is 1. The molecule has 5 aliphatic rings. The van der Waals surface area contributed by atoms with Crippen LogP contribution in [-0.2, 0) is 4.79 Å². The summed E-state index contributed by atoms with van der Waals surface area (Å²) in [7, 11) is 0. The second-order valence-corrected chi connectivity index (χ2v) is 11.2. The second-order valence-electron chi connectivity index (χ2n) is 11.2. The molecule has 0 spiro atoms. The number of piperidine rings is 1. The van der Waals surface area contributed by atoms with E-state index in [-0.39, 0.29) is 17.4 Å². The lowest BCUT2D eigenvalue weighted by atomic mass is 9.49. The SMILES string of the molecule is O=C(c1ccc(-c2ccccc2)cc1)N1CCC(NC(=O)C23CC4CC(CC(C4)C2)C3)CC1. The highest BCUT2D eigenvalue weighted by Gasteiger charge is 2.54. The van der Waals surface area contributed by atoms with Crippen LogP contribution in [0.2, 0.25) is 0 Å². The van der Waals surface area contributed by atoms with Gasteiger partial charge in [-0.05, 0) is 92.4 Å². The molecular formula is C29H34N2O2. The Morgan fingerprint density at radius 3 is 1.88 bits per heavy atom. The monoisotopic (exact) mass is 442 g/mol. The van der Waals surface area contributed by atoms with Gasteiger partial charge in [0.05, 0.1) is 0 Å². The summed E-state index contributed by atoms with van der Waals surface area (Å²) in [6, 6.07) is 18.4. The Labute approximate surface area is 196 Å². The van der Waals surface area contributed by atoms with Crippen LogP contribution in [-0.4, -0.2) is 35.8 Å². The van der Waals surface area contributed by atoms with E-state index in [1.807, 2.05) is 47.4 Å². The van der Waals surface area contributed by atoms with Gasteiger partial charge in [0.1, 0.15) is 0 Å². The highest BCUT2D eigenvalue weighted by molar-refractivity contribution is 5.94. The molecule has 2 aromatic carbocycles. The molecule has 0 atom stereocenters. The lowest BCUT2D eigenvalue weighted by molar-refractivity contribution is -0.147. The Bertz CT molecular complexity index is 986. The predicted molar refractivity (Wildman–Crippen MR) is 130 cm³/mol. The van der Waals surface area contributed by atoms with Crippen molar-refractivity contribution in [2.24, 2.45) is 23.2 Å². The molecule has 1 saturated heterocycles. The zero-order valence-electron chi connectivity index (χ0n) is 19.3. The fraction of sp³-hybridized carbons (Fsp3) is 0.517. The molecular weight excluding hydrogens is 408 g/mol. The quantitative estimate of drug-likeness (QED) is 0.699. The van der Waals surface area contributed by atoms with Crippen LogP contribution in [0.3, 0.4) is 0 Å². The van der Waals surface area contributed by atoms with Gasteiger partial charge in [0.2, 0.25) is 5.91 Å². The number of carbonyl (C=O) groups excluding carboxylic acids is 2. The summed E-state index contributed by atoms with van der Waals surface area (Å²) in [6.45, 7) is 1.43. The fourth-order valence-corrected chi connectivity index (χ4v) is 7.57. The van der Waals surface area contributed by atoms with Crippen molar-refractivity contribution in [1.29, 1.82) is 0 Å². The van der Waals surface area contributed by atoms with Crippen LogP contribution in [0.15, 0.2) is 54.6 Å². The highest BCUT2D eigenvalue weighted by atomic mass is 16.2. The number of amides is 2. The number of carbonyl (C=O) groups is 2. The van der Waals surface area contributed by atoms with Gasteiger partial charge in [0, 0.05) is 30.1 Å². The van der Waals surface area contributed by atoms with Crippen LogP contribution in [0.4, 0.5) is 0 Å². The third-order valence-electron chi connectivity index (χ3n) is 8.88. The zero-order chi connectivity index (χ0) is 22.4. The first kappa shape index (κ1) is 20.9. The van der Waals surface area contributed by atoms with E-state index in [0.717, 1.165) is 66.5 Å². The number of hydrogen-bond acceptors (Lipinski definition) is 2. The van der Waals surface area contributed by atoms with Crippen molar-refractivity contribution in [1.82, 2.24) is 10.2 Å². The molecule has 4 bridgehead atoms. The lowest BCUT2D eigenvalue weighted by Gasteiger charge is -2.56. The smallest absolute Gasteiger partial charge is 0.253 e. The second kappa shape index (κ2) is 8.30. The van der Waals surface area contributed by atoms with Gasteiger partial charge >= 0.3 is 0 Å². The van der Waals surface area contributed by atoms with E-state index in [0.29, 0.717) is 19.0 Å². The first-order valence-electron chi connectivity index (χ1n) is 12.8. The first-order chi connectivity index (χ1) is 16.1. The van der Waals surface area contributed by atoms with Gasteiger partial charge in [0.25, 0.3) is 5.91 Å². The van der Waals surface area contributed by atoms with Crippen molar-refractivity contribution in [2.75, 3.05) is 13.1 Å². The molecule has 1 heterocycles. The van der Waals surface area contributed by atoms with Gasteiger partial charge in [-0.25, -0.2) is 0 Å². The molecule has 2 aromatic rings. The maximum Gasteiger partial charge on any atom is 0.253 e. The van der Waals surface area contributed by atoms with Crippen LogP contribution in [0, 0.1) is 23.2 Å². The summed E-state index contributed by atoms with van der Waals surface area (Å²) in [5, 5.41) is 3.42. The third-order valence-corrected chi connectivity index (χ3v) is 8.88. The molecule has 0 aromatic heterocycles. The van der Waals surface area contributed by atoms with E-state index >= 15 is 0 Å². The standard InChI is InChI=1S/C29H34N2O2/c32-27(25-8-6-24(7-9-25)23-4-2-1-3-5-23)31-12-10-26(11-13-31)30-28(33)29-17-20-14-21(18-29)16-22(15-20)19-29/h1-9,20-22,26H,10-19H2,(H,30,33). The molecule has 172 valence electrons. The molecule has 1 N–H and O–H groups in total. The average molecular weight is 443 g/mol. The van der Waals surface area contributed by atoms with Gasteiger partial charge in [-0.1, -0.05) is 42.5 Å². The van der Waals surface area contributed by atoms with Gasteiger partial charge in [-0.2, -0.15) is 0 Å². The summed E-state index contributed by atoms with van der Waals surface area (Å²) >= 11 is 0. The summed E-state index contributed by atoms with van der Waals surface area (Å²) in [5.41, 5.74) is 2.94. The van der Waals surface area contributed by atoms with E-state index in [4.69, 9.17) is 0 Å². The molecule has 33 heavy (non-hydrogen) atoms. The fourth-order valence-electron chi connectivity index (χ4n) is 7.57. The molecule has 2 amide bonds. The van der Waals surface area contributed by atoms with Crippen LogP contribution >= 0.6 is 0 Å². The van der Waals surface area contributed by atoms with E-state index < -0.39 is 0 Å². The van der Waals surface area contributed by atoms with E-state index in [2.05, 4.69) is 17.4 Å². The van der Waals surface area contributed by atoms with Crippen LogP contribution in [0.25, 0.3) is 11.1 Å². The van der Waals surface area contributed by atoms with E-state index in [9.17, 15) is 9.59 Å². The number of hydrogen-bond donors (Lipinski definition) is 1. The van der Waals surface area contributed by atoms with E-state index in [1.54, 1.807) is 0 Å². The average Bonchev–Trinajstić information content (AvgIpc) is 2.84. The maximum atomic E-state index is 13.4. The number of likely N-dealkylation sites (tertiary alicyclic amines) is 1. The Morgan fingerprint density at radius 1 is 0.758 bits per heavy atom. The highest BCUT2D eigenvalue weighted by Crippen LogP contribution is 2.60. The van der Waals surface area contributed by atoms with Gasteiger partial charge in [-0.3, -0.25) is 9.59 Å². The van der Waals surface area contributed by atoms with Crippen LogP contribution in [0.1, 0.15) is 61.7 Å². The zero-order valence-corrected chi connectivity index (χ0v) is 19.3. The number of rotatable bonds is 4. The summed E-state index contributed by atoms with van der Waals surface area (Å²) in [6.07, 6.45) is 9.12. The Hall–Kier alpha value is -2.62. The van der Waals surface area contributed by atoms with Gasteiger partial charge in [0.15, 0.2) is 0 Å². The molecule has 4 saturated carbocycles. The van der Waals surface area contributed by atoms with Crippen molar-refractivity contribution in [2.45, 2.75) is 57.4 Å². The molecule has 4 nitrogen and oxygen atoms in total. The molecule has 0 radical (unpaired) electrons. The van der Waals surface area contributed by atoms with Crippen molar-refractivity contribution < 1.29 is 9.59 Å². The number of nitrogens with one attached hydrogen (secondary N) is 1. The molecule has 7 rings (SSSR count). The van der Waals surface area contributed by atoms with Crippen LogP contribution < -0.4 is 5.32 Å². The topological polar surface area (TPSA) is 49.4 Å².